The number of amides is 3. The second-order valence-corrected chi connectivity index (χ2v) is 12.7. The van der Waals surface area contributed by atoms with Gasteiger partial charge in [0.15, 0.2) is 5.82 Å². The summed E-state index contributed by atoms with van der Waals surface area (Å²) in [7, 11) is -0.244. The van der Waals surface area contributed by atoms with E-state index in [0.717, 1.165) is 39.9 Å². The van der Waals surface area contributed by atoms with Crippen LogP contribution in [0.1, 0.15) is 43.1 Å². The van der Waals surface area contributed by atoms with Crippen molar-refractivity contribution in [2.75, 3.05) is 65.6 Å². The Morgan fingerprint density at radius 1 is 1.00 bits per heavy atom. The van der Waals surface area contributed by atoms with Gasteiger partial charge in [-0.15, -0.1) is 0 Å². The smallest absolute Gasteiger partial charge is 0.409 e. The molecule has 240 valence electrons. The van der Waals surface area contributed by atoms with Gasteiger partial charge in [-0.2, -0.15) is 0 Å². The van der Waals surface area contributed by atoms with E-state index in [0.29, 0.717) is 30.4 Å². The van der Waals surface area contributed by atoms with Gasteiger partial charge in [0.25, 0.3) is 11.8 Å². The van der Waals surface area contributed by atoms with E-state index in [1.807, 2.05) is 42.2 Å². The molecule has 0 bridgehead atoms. The van der Waals surface area contributed by atoms with E-state index in [9.17, 15) is 18.9 Å². The van der Waals surface area contributed by atoms with Gasteiger partial charge in [-0.1, -0.05) is 43.7 Å². The summed E-state index contributed by atoms with van der Waals surface area (Å²) in [5, 5.41) is 2.57. The molecule has 44 heavy (non-hydrogen) atoms. The summed E-state index contributed by atoms with van der Waals surface area (Å²) in [6.45, 7) is 3.72. The maximum atomic E-state index is 13.8. The number of carbonyl (C=O) groups excluding carboxylic acids is 3. The molecule has 3 amide bonds. The molecule has 2 aliphatic heterocycles. The normalized spacial score (nSPS) is 17.8. The van der Waals surface area contributed by atoms with Crippen molar-refractivity contribution in [2.45, 2.75) is 44.6 Å². The van der Waals surface area contributed by atoms with Crippen molar-refractivity contribution in [3.05, 3.63) is 42.1 Å². The summed E-state index contributed by atoms with van der Waals surface area (Å²) < 4.78 is 34.9. The molecule has 2 saturated heterocycles. The first kappa shape index (κ1) is 33.3. The van der Waals surface area contributed by atoms with Crippen molar-refractivity contribution < 1.29 is 37.5 Å². The highest BCUT2D eigenvalue weighted by Crippen LogP contribution is 2.51. The topological polar surface area (TPSA) is 153 Å². The van der Waals surface area contributed by atoms with Gasteiger partial charge in [-0.25, -0.2) is 14.8 Å². The number of unbranched alkanes of at least 4 members (excludes halogenated alkanes) is 1. The molecule has 1 N–H and O–H groups in total. The number of methoxy groups -OCH3 is 1. The van der Waals surface area contributed by atoms with Crippen molar-refractivity contribution in [1.82, 2.24) is 25.1 Å². The van der Waals surface area contributed by atoms with E-state index in [1.165, 1.54) is 15.9 Å². The zero-order valence-corrected chi connectivity index (χ0v) is 26.5. The van der Waals surface area contributed by atoms with Crippen LogP contribution in [-0.2, 0) is 27.9 Å². The van der Waals surface area contributed by atoms with Crippen molar-refractivity contribution in [3.63, 3.8) is 0 Å². The number of ether oxygens (including phenoxy) is 2. The lowest BCUT2D eigenvalue weighted by Crippen LogP contribution is -2.56. The number of hydrogen-bond donors (Lipinski definition) is 1. The minimum Gasteiger partial charge on any atom is -0.449 e. The molecule has 4 rings (SSSR count). The quantitative estimate of drug-likeness (QED) is 0.271. The Hall–Kier alpha value is -3.58. The van der Waals surface area contributed by atoms with Gasteiger partial charge in [-0.05, 0) is 19.3 Å². The zero-order valence-electron chi connectivity index (χ0n) is 25.6. The van der Waals surface area contributed by atoms with Crippen LogP contribution >= 0.6 is 7.60 Å². The number of carbonyl (C=O) groups is 3. The molecule has 1 aromatic carbocycles. The Morgan fingerprint density at radius 2 is 1.68 bits per heavy atom. The van der Waals surface area contributed by atoms with Crippen LogP contribution in [0.4, 0.5) is 10.6 Å². The fourth-order valence-electron chi connectivity index (χ4n) is 5.09. The first-order valence-electron chi connectivity index (χ1n) is 14.7. The van der Waals surface area contributed by atoms with E-state index >= 15 is 0 Å². The number of anilines is 1. The first-order valence-corrected chi connectivity index (χ1v) is 16.3. The minimum atomic E-state index is -4.16. The molecule has 15 heteroatoms. The molecular weight excluding hydrogens is 591 g/mol. The average molecular weight is 633 g/mol. The van der Waals surface area contributed by atoms with Crippen molar-refractivity contribution in [3.8, 4) is 11.4 Å². The molecule has 2 atom stereocenters. The third-order valence-corrected chi connectivity index (χ3v) is 9.64. The van der Waals surface area contributed by atoms with Crippen LogP contribution in [0.25, 0.3) is 11.4 Å². The molecule has 2 fully saturated rings. The molecule has 1 unspecified atom stereocenters. The number of rotatable bonds is 12. The SMILES string of the molecule is CCCCOC(=O)N1CCN(C(=O)C(NC(=O)c2cc(N3CCC[C@@H]3OC)nc(-c3ccccc3)n2)P(=O)(OC)OC)CC1. The third kappa shape index (κ3) is 7.73. The Balaban J connectivity index is 1.58. The van der Waals surface area contributed by atoms with Crippen LogP contribution in [-0.4, -0.2) is 110 Å². The van der Waals surface area contributed by atoms with Crippen LogP contribution in [0.3, 0.4) is 0 Å². The van der Waals surface area contributed by atoms with Crippen molar-refractivity contribution >= 4 is 31.3 Å². The number of hydrogen-bond acceptors (Lipinski definition) is 11. The summed E-state index contributed by atoms with van der Waals surface area (Å²) in [4.78, 5) is 54.0. The largest absolute Gasteiger partial charge is 0.449 e. The van der Waals surface area contributed by atoms with Gasteiger partial charge >= 0.3 is 13.7 Å². The van der Waals surface area contributed by atoms with Crippen LogP contribution in [0.2, 0.25) is 0 Å². The van der Waals surface area contributed by atoms with Crippen LogP contribution in [0.15, 0.2) is 36.4 Å². The lowest BCUT2D eigenvalue weighted by atomic mass is 10.2. The Morgan fingerprint density at radius 3 is 2.32 bits per heavy atom. The molecule has 1 aromatic heterocycles. The maximum absolute atomic E-state index is 13.8. The second-order valence-electron chi connectivity index (χ2n) is 10.4. The highest BCUT2D eigenvalue weighted by atomic mass is 31.2. The monoisotopic (exact) mass is 632 g/mol. The molecule has 3 heterocycles. The molecule has 14 nitrogen and oxygen atoms in total. The summed E-state index contributed by atoms with van der Waals surface area (Å²) in [5.41, 5.74) is 0.654. The van der Waals surface area contributed by atoms with Gasteiger partial charge in [-0.3, -0.25) is 14.2 Å². The standard InChI is InChI=1S/C29H41N6O8P/c1-5-6-19-43-29(38)34-17-15-33(16-18-34)28(37)27(44(39,41-3)42-4)32-26(36)22-20-23(35-14-10-13-24(35)40-2)31-25(30-22)21-11-8-7-9-12-21/h7-9,11-12,20,24,27H,5-6,10,13-19H2,1-4H3,(H,32,36)/t24-,27?/m0/s1. The number of nitrogens with zero attached hydrogens (tertiary/aromatic N) is 5. The fourth-order valence-corrected chi connectivity index (χ4v) is 6.37. The lowest BCUT2D eigenvalue weighted by Gasteiger charge is -2.36. The maximum Gasteiger partial charge on any atom is 0.409 e. The number of piperazine rings is 1. The third-order valence-electron chi connectivity index (χ3n) is 7.64. The molecular formula is C29H41N6O8P. The van der Waals surface area contributed by atoms with Crippen molar-refractivity contribution in [1.29, 1.82) is 0 Å². The second kappa shape index (κ2) is 15.4. The van der Waals surface area contributed by atoms with Crippen LogP contribution in [0.5, 0.6) is 0 Å². The molecule has 0 spiro atoms. The van der Waals surface area contributed by atoms with E-state index in [1.54, 1.807) is 7.11 Å². The predicted octanol–water partition coefficient (Wildman–Crippen LogP) is 3.34. The molecule has 0 radical (unpaired) electrons. The highest BCUT2D eigenvalue weighted by Gasteiger charge is 2.44. The Labute approximate surface area is 257 Å². The minimum absolute atomic E-state index is 0.0354. The Kier molecular flexibility index (Phi) is 11.7. The Bertz CT molecular complexity index is 1330. The van der Waals surface area contributed by atoms with Crippen LogP contribution < -0.4 is 10.2 Å². The summed E-state index contributed by atoms with van der Waals surface area (Å²) in [6, 6.07) is 10.7. The van der Waals surface area contributed by atoms with Gasteiger partial charge in [0, 0.05) is 65.7 Å². The van der Waals surface area contributed by atoms with Gasteiger partial charge < -0.3 is 38.5 Å². The molecule has 0 saturated carbocycles. The summed E-state index contributed by atoms with van der Waals surface area (Å²) in [6.07, 6.45) is 2.68. The van der Waals surface area contributed by atoms with Gasteiger partial charge in [0.05, 0.1) is 6.61 Å². The highest BCUT2D eigenvalue weighted by molar-refractivity contribution is 7.55. The molecule has 2 aromatic rings. The van der Waals surface area contributed by atoms with Gasteiger partial charge in [0.1, 0.15) is 17.7 Å². The fraction of sp³-hybridized carbons (Fsp3) is 0.552. The van der Waals surface area contributed by atoms with E-state index < -0.39 is 31.3 Å². The number of benzene rings is 1. The first-order chi connectivity index (χ1) is 21.2. The van der Waals surface area contributed by atoms with E-state index in [-0.39, 0.29) is 38.1 Å². The average Bonchev–Trinajstić information content (AvgIpc) is 3.56. The van der Waals surface area contributed by atoms with E-state index in [2.05, 4.69) is 10.3 Å². The number of nitrogens with one attached hydrogen (secondary N) is 1. The van der Waals surface area contributed by atoms with Crippen molar-refractivity contribution in [2.24, 2.45) is 0 Å². The van der Waals surface area contributed by atoms with E-state index in [4.69, 9.17) is 23.5 Å². The molecule has 2 aliphatic rings. The molecule has 0 aliphatic carbocycles. The zero-order chi connectivity index (χ0) is 31.7. The summed E-state index contributed by atoms with van der Waals surface area (Å²) >= 11 is 0. The van der Waals surface area contributed by atoms with Gasteiger partial charge in [0.2, 0.25) is 5.78 Å². The number of aromatic nitrogens is 2. The predicted molar refractivity (Wildman–Crippen MR) is 162 cm³/mol. The summed E-state index contributed by atoms with van der Waals surface area (Å²) in [5.74, 6) is -2.29. The lowest BCUT2D eigenvalue weighted by molar-refractivity contribution is -0.133. The van der Waals surface area contributed by atoms with Crippen LogP contribution in [0, 0.1) is 0 Å².